The van der Waals surface area contributed by atoms with Gasteiger partial charge < -0.3 is 15.2 Å². The van der Waals surface area contributed by atoms with Gasteiger partial charge in [-0.1, -0.05) is 18.2 Å². The predicted molar refractivity (Wildman–Crippen MR) is 87.0 cm³/mol. The monoisotopic (exact) mass is 279 g/mol. The molecule has 1 aromatic heterocycles. The van der Waals surface area contributed by atoms with E-state index in [9.17, 15) is 4.79 Å². The van der Waals surface area contributed by atoms with Crippen LogP contribution in [0.4, 0.5) is 11.4 Å². The van der Waals surface area contributed by atoms with Gasteiger partial charge in [-0.25, -0.2) is 0 Å². The molecule has 4 nitrogen and oxygen atoms in total. The third-order valence-electron chi connectivity index (χ3n) is 3.48. The van der Waals surface area contributed by atoms with Gasteiger partial charge in [0.15, 0.2) is 0 Å². The van der Waals surface area contributed by atoms with Crippen molar-refractivity contribution in [3.05, 3.63) is 60.3 Å². The lowest BCUT2D eigenvalue weighted by Crippen LogP contribution is -2.12. The quantitative estimate of drug-likeness (QED) is 0.771. The van der Waals surface area contributed by atoms with E-state index in [1.165, 1.54) is 0 Å². The molecule has 0 spiro atoms. The lowest BCUT2D eigenvalue weighted by Gasteiger charge is -2.13. The highest BCUT2D eigenvalue weighted by Gasteiger charge is 2.11. The van der Waals surface area contributed by atoms with Crippen molar-refractivity contribution in [1.29, 1.82) is 0 Å². The summed E-state index contributed by atoms with van der Waals surface area (Å²) < 4.78 is 0. The molecular weight excluding hydrogens is 262 g/mol. The van der Waals surface area contributed by atoms with Crippen molar-refractivity contribution in [1.82, 2.24) is 4.98 Å². The van der Waals surface area contributed by atoms with E-state index in [1.54, 1.807) is 6.20 Å². The maximum absolute atomic E-state index is 12.4. The highest BCUT2D eigenvalue weighted by molar-refractivity contribution is 6.12. The normalized spacial score (nSPS) is 10.6. The number of nitrogens with one attached hydrogen (secondary N) is 2. The van der Waals surface area contributed by atoms with Gasteiger partial charge in [-0.05, 0) is 30.3 Å². The van der Waals surface area contributed by atoms with Crippen LogP contribution in [0, 0.1) is 0 Å². The second-order valence-corrected chi connectivity index (χ2v) is 5.14. The molecule has 3 rings (SSSR count). The SMILES string of the molecule is CN(C)c1ccc(NC(=O)c2c[nH]c3ccccc23)cc1. The number of carbonyl (C=O) groups is 1. The van der Waals surface area contributed by atoms with Crippen LogP contribution < -0.4 is 10.2 Å². The predicted octanol–water partition coefficient (Wildman–Crippen LogP) is 3.49. The first kappa shape index (κ1) is 13.2. The Morgan fingerprint density at radius 2 is 1.76 bits per heavy atom. The number of aromatic nitrogens is 1. The summed E-state index contributed by atoms with van der Waals surface area (Å²) in [6.07, 6.45) is 1.74. The smallest absolute Gasteiger partial charge is 0.257 e. The largest absolute Gasteiger partial charge is 0.378 e. The Balaban J connectivity index is 1.83. The van der Waals surface area contributed by atoms with Crippen molar-refractivity contribution in [2.75, 3.05) is 24.3 Å². The number of aromatic amines is 1. The summed E-state index contributed by atoms with van der Waals surface area (Å²) in [6.45, 7) is 0. The zero-order valence-corrected chi connectivity index (χ0v) is 12.1. The van der Waals surface area contributed by atoms with Crippen molar-refractivity contribution in [2.24, 2.45) is 0 Å². The molecule has 2 aromatic carbocycles. The second-order valence-electron chi connectivity index (χ2n) is 5.14. The van der Waals surface area contributed by atoms with Gasteiger partial charge in [-0.15, -0.1) is 0 Å². The Hall–Kier alpha value is -2.75. The average Bonchev–Trinajstić information content (AvgIpc) is 2.92. The maximum Gasteiger partial charge on any atom is 0.257 e. The molecule has 0 unspecified atom stereocenters. The summed E-state index contributed by atoms with van der Waals surface area (Å²) in [7, 11) is 3.97. The summed E-state index contributed by atoms with van der Waals surface area (Å²) in [4.78, 5) is 17.5. The van der Waals surface area contributed by atoms with Gasteiger partial charge in [0.2, 0.25) is 0 Å². The Morgan fingerprint density at radius 1 is 1.05 bits per heavy atom. The zero-order chi connectivity index (χ0) is 14.8. The van der Waals surface area contributed by atoms with Gasteiger partial charge in [-0.2, -0.15) is 0 Å². The van der Waals surface area contributed by atoms with E-state index in [1.807, 2.05) is 67.5 Å². The highest BCUT2D eigenvalue weighted by atomic mass is 16.1. The third-order valence-corrected chi connectivity index (χ3v) is 3.48. The molecule has 0 saturated heterocycles. The maximum atomic E-state index is 12.4. The fraction of sp³-hybridized carbons (Fsp3) is 0.118. The Kier molecular flexibility index (Phi) is 3.36. The first-order valence-electron chi connectivity index (χ1n) is 6.80. The lowest BCUT2D eigenvalue weighted by molar-refractivity contribution is 0.102. The van der Waals surface area contributed by atoms with Crippen LogP contribution in [-0.4, -0.2) is 25.0 Å². The number of hydrogen-bond donors (Lipinski definition) is 2. The van der Waals surface area contributed by atoms with Crippen molar-refractivity contribution >= 4 is 28.2 Å². The van der Waals surface area contributed by atoms with Gasteiger partial charge in [0, 0.05) is 42.6 Å². The summed E-state index contributed by atoms with van der Waals surface area (Å²) in [5.41, 5.74) is 3.50. The van der Waals surface area contributed by atoms with Crippen LogP contribution in [0.1, 0.15) is 10.4 Å². The van der Waals surface area contributed by atoms with Gasteiger partial charge in [0.1, 0.15) is 0 Å². The minimum atomic E-state index is -0.106. The molecule has 4 heteroatoms. The molecule has 2 N–H and O–H groups in total. The number of carbonyl (C=O) groups excluding carboxylic acids is 1. The summed E-state index contributed by atoms with van der Waals surface area (Å²) in [6, 6.07) is 15.5. The van der Waals surface area contributed by atoms with E-state index >= 15 is 0 Å². The summed E-state index contributed by atoms with van der Waals surface area (Å²) in [5, 5.41) is 3.86. The van der Waals surface area contributed by atoms with Gasteiger partial charge in [-0.3, -0.25) is 4.79 Å². The first-order chi connectivity index (χ1) is 10.1. The third kappa shape index (κ3) is 2.60. The second kappa shape index (κ2) is 5.32. The number of anilines is 2. The molecule has 0 fully saturated rings. The molecule has 3 aromatic rings. The molecular formula is C17H17N3O. The molecule has 0 aliphatic heterocycles. The number of nitrogens with zero attached hydrogens (tertiary/aromatic N) is 1. The highest BCUT2D eigenvalue weighted by Crippen LogP contribution is 2.20. The number of fused-ring (bicyclic) bond motifs is 1. The minimum Gasteiger partial charge on any atom is -0.378 e. The number of benzene rings is 2. The Morgan fingerprint density at radius 3 is 2.48 bits per heavy atom. The van der Waals surface area contributed by atoms with Gasteiger partial charge >= 0.3 is 0 Å². The van der Waals surface area contributed by atoms with E-state index in [-0.39, 0.29) is 5.91 Å². The summed E-state index contributed by atoms with van der Waals surface area (Å²) >= 11 is 0. The van der Waals surface area contributed by atoms with Crippen molar-refractivity contribution in [3.8, 4) is 0 Å². The summed E-state index contributed by atoms with van der Waals surface area (Å²) in [5.74, 6) is -0.106. The van der Waals surface area contributed by atoms with E-state index in [4.69, 9.17) is 0 Å². The van der Waals surface area contributed by atoms with Gasteiger partial charge in [0.25, 0.3) is 5.91 Å². The van der Waals surface area contributed by atoms with E-state index < -0.39 is 0 Å². The molecule has 106 valence electrons. The molecule has 21 heavy (non-hydrogen) atoms. The topological polar surface area (TPSA) is 48.1 Å². The molecule has 0 radical (unpaired) electrons. The van der Waals surface area contributed by atoms with Crippen LogP contribution >= 0.6 is 0 Å². The molecule has 1 heterocycles. The van der Waals surface area contributed by atoms with Crippen LogP contribution in [0.2, 0.25) is 0 Å². The van der Waals surface area contributed by atoms with E-state index in [2.05, 4.69) is 10.3 Å². The zero-order valence-electron chi connectivity index (χ0n) is 12.1. The standard InChI is InChI=1S/C17H17N3O/c1-20(2)13-9-7-12(8-10-13)19-17(21)15-11-18-16-6-4-3-5-14(15)16/h3-11,18H,1-2H3,(H,19,21). The molecule has 0 saturated carbocycles. The Bertz CT molecular complexity index is 772. The average molecular weight is 279 g/mol. The van der Waals surface area contributed by atoms with Crippen LogP contribution in [0.25, 0.3) is 10.9 Å². The fourth-order valence-corrected chi connectivity index (χ4v) is 2.30. The molecule has 0 aliphatic rings. The molecule has 0 bridgehead atoms. The van der Waals surface area contributed by atoms with E-state index in [0.717, 1.165) is 22.3 Å². The molecule has 0 atom stereocenters. The Labute approximate surface area is 123 Å². The van der Waals surface area contributed by atoms with Crippen LogP contribution in [0.15, 0.2) is 54.7 Å². The fourth-order valence-electron chi connectivity index (χ4n) is 2.30. The number of para-hydroxylation sites is 1. The number of rotatable bonds is 3. The van der Waals surface area contributed by atoms with Crippen molar-refractivity contribution < 1.29 is 4.79 Å². The van der Waals surface area contributed by atoms with Crippen LogP contribution in [0.5, 0.6) is 0 Å². The lowest BCUT2D eigenvalue weighted by atomic mass is 10.1. The number of amides is 1. The first-order valence-corrected chi connectivity index (χ1v) is 6.80. The van der Waals surface area contributed by atoms with Gasteiger partial charge in [0.05, 0.1) is 5.56 Å². The van der Waals surface area contributed by atoms with Crippen molar-refractivity contribution in [3.63, 3.8) is 0 Å². The number of hydrogen-bond acceptors (Lipinski definition) is 2. The number of H-pyrrole nitrogens is 1. The molecule has 1 amide bonds. The van der Waals surface area contributed by atoms with Crippen molar-refractivity contribution in [2.45, 2.75) is 0 Å². The minimum absolute atomic E-state index is 0.106. The van der Waals surface area contributed by atoms with Crippen LogP contribution in [0.3, 0.4) is 0 Å². The molecule has 0 aliphatic carbocycles. The van der Waals surface area contributed by atoms with E-state index in [0.29, 0.717) is 5.56 Å². The van der Waals surface area contributed by atoms with Crippen LogP contribution in [-0.2, 0) is 0 Å².